The topological polar surface area (TPSA) is 69.6 Å². The van der Waals surface area contributed by atoms with Gasteiger partial charge in [0.2, 0.25) is 5.91 Å². The first-order valence-electron chi connectivity index (χ1n) is 25.1. The van der Waals surface area contributed by atoms with Gasteiger partial charge in [0.05, 0.1) is 18.8 Å². The molecule has 58 heavy (non-hydrogen) atoms. The van der Waals surface area contributed by atoms with Gasteiger partial charge >= 0.3 is 0 Å². The van der Waals surface area contributed by atoms with Crippen molar-refractivity contribution in [2.24, 2.45) is 0 Å². The van der Waals surface area contributed by atoms with Crippen LogP contribution >= 0.6 is 0 Å². The van der Waals surface area contributed by atoms with Crippen molar-refractivity contribution in [3.63, 3.8) is 0 Å². The second-order valence-corrected chi connectivity index (χ2v) is 16.9. The number of carbonyl (C=O) groups is 1. The minimum atomic E-state index is -0.658. The standard InChI is InChI=1S/C54H97NO3/c1-3-5-7-9-11-13-14-15-16-17-18-19-20-21-22-23-24-25-26-27-28-29-30-31-32-33-34-35-36-37-38-39-40-42-44-46-48-50-54(58)55-52(51-56)53(57)49-47-45-43-41-12-10-8-6-4-2/h5,7,11,13,15-16,18-19,21-22,24-25,52-53,56-57H,3-4,6,8-10,12,14,17,20,23,26-51H2,1-2H3,(H,55,58)/b7-5-,13-11-,16-15-,19-18-,22-21-,25-24-. The van der Waals surface area contributed by atoms with E-state index in [1.54, 1.807) is 0 Å². The van der Waals surface area contributed by atoms with Crippen LogP contribution in [0.2, 0.25) is 0 Å². The van der Waals surface area contributed by atoms with Gasteiger partial charge in [-0.2, -0.15) is 0 Å². The van der Waals surface area contributed by atoms with E-state index in [1.807, 2.05) is 0 Å². The highest BCUT2D eigenvalue weighted by Gasteiger charge is 2.20. The summed E-state index contributed by atoms with van der Waals surface area (Å²) in [6.45, 7) is 4.22. The molecule has 336 valence electrons. The van der Waals surface area contributed by atoms with Crippen molar-refractivity contribution >= 4 is 5.91 Å². The van der Waals surface area contributed by atoms with Crippen molar-refractivity contribution in [2.45, 2.75) is 257 Å². The second kappa shape index (κ2) is 49.2. The molecule has 0 fully saturated rings. The monoisotopic (exact) mass is 808 g/mol. The lowest BCUT2D eigenvalue weighted by atomic mass is 10.0. The Labute approximate surface area is 361 Å². The fraction of sp³-hybridized carbons (Fsp3) is 0.759. The number of aliphatic hydroxyl groups excluding tert-OH is 2. The quantitative estimate of drug-likeness (QED) is 0.0424. The van der Waals surface area contributed by atoms with E-state index in [0.29, 0.717) is 12.8 Å². The normalized spacial score (nSPS) is 13.5. The highest BCUT2D eigenvalue weighted by Crippen LogP contribution is 2.16. The summed E-state index contributed by atoms with van der Waals surface area (Å²) in [5.41, 5.74) is 0. The molecular weight excluding hydrogens is 711 g/mol. The number of amides is 1. The Morgan fingerprint density at radius 3 is 1.14 bits per heavy atom. The number of aliphatic hydroxyl groups is 2. The molecule has 0 aliphatic rings. The van der Waals surface area contributed by atoms with Crippen LogP contribution in [0.1, 0.15) is 245 Å². The first kappa shape index (κ1) is 55.8. The molecule has 0 spiro atoms. The molecule has 3 N–H and O–H groups in total. The van der Waals surface area contributed by atoms with Crippen molar-refractivity contribution in [2.75, 3.05) is 6.61 Å². The van der Waals surface area contributed by atoms with Crippen LogP contribution in [-0.4, -0.2) is 34.9 Å². The summed E-state index contributed by atoms with van der Waals surface area (Å²) < 4.78 is 0. The molecule has 0 aromatic carbocycles. The molecule has 0 bridgehead atoms. The van der Waals surface area contributed by atoms with Crippen molar-refractivity contribution in [1.82, 2.24) is 5.32 Å². The van der Waals surface area contributed by atoms with Gasteiger partial charge in [-0.15, -0.1) is 0 Å². The van der Waals surface area contributed by atoms with E-state index in [1.165, 1.54) is 154 Å². The molecular formula is C54H97NO3. The van der Waals surface area contributed by atoms with E-state index >= 15 is 0 Å². The first-order chi connectivity index (χ1) is 28.7. The second-order valence-electron chi connectivity index (χ2n) is 16.9. The highest BCUT2D eigenvalue weighted by atomic mass is 16.3. The lowest BCUT2D eigenvalue weighted by molar-refractivity contribution is -0.123. The first-order valence-corrected chi connectivity index (χ1v) is 25.1. The Balaban J connectivity index is 3.43. The molecule has 4 nitrogen and oxygen atoms in total. The van der Waals surface area contributed by atoms with Crippen molar-refractivity contribution < 1.29 is 15.0 Å². The van der Waals surface area contributed by atoms with E-state index in [-0.39, 0.29) is 12.5 Å². The van der Waals surface area contributed by atoms with Gasteiger partial charge in [0, 0.05) is 6.42 Å². The van der Waals surface area contributed by atoms with Crippen LogP contribution in [0.5, 0.6) is 0 Å². The average molecular weight is 808 g/mol. The molecule has 0 saturated heterocycles. The zero-order chi connectivity index (χ0) is 42.1. The van der Waals surface area contributed by atoms with E-state index in [0.717, 1.165) is 64.2 Å². The van der Waals surface area contributed by atoms with Crippen molar-refractivity contribution in [3.05, 3.63) is 72.9 Å². The third-order valence-corrected chi connectivity index (χ3v) is 11.2. The van der Waals surface area contributed by atoms with Crippen LogP contribution in [0.4, 0.5) is 0 Å². The Morgan fingerprint density at radius 2 is 0.759 bits per heavy atom. The Hall–Kier alpha value is -2.17. The summed E-state index contributed by atoms with van der Waals surface area (Å²) in [4.78, 5) is 12.4. The third kappa shape index (κ3) is 44.9. The molecule has 0 aromatic heterocycles. The number of allylic oxidation sites excluding steroid dienone is 12. The number of nitrogens with one attached hydrogen (secondary N) is 1. The molecule has 0 aliphatic heterocycles. The predicted octanol–water partition coefficient (Wildman–Crippen LogP) is 16.2. The maximum absolute atomic E-state index is 12.4. The fourth-order valence-corrected chi connectivity index (χ4v) is 7.42. The van der Waals surface area contributed by atoms with Crippen LogP contribution in [0, 0.1) is 0 Å². The van der Waals surface area contributed by atoms with E-state index in [2.05, 4.69) is 92.1 Å². The lowest BCUT2D eigenvalue weighted by Crippen LogP contribution is -2.45. The Morgan fingerprint density at radius 1 is 0.431 bits per heavy atom. The number of hydrogen-bond acceptors (Lipinski definition) is 3. The van der Waals surface area contributed by atoms with E-state index in [9.17, 15) is 15.0 Å². The van der Waals surface area contributed by atoms with Crippen molar-refractivity contribution in [1.29, 1.82) is 0 Å². The molecule has 1 amide bonds. The zero-order valence-corrected chi connectivity index (χ0v) is 38.5. The molecule has 0 aliphatic carbocycles. The largest absolute Gasteiger partial charge is 0.394 e. The van der Waals surface area contributed by atoms with Gasteiger partial charge in [0.1, 0.15) is 0 Å². The highest BCUT2D eigenvalue weighted by molar-refractivity contribution is 5.76. The maximum atomic E-state index is 12.4. The van der Waals surface area contributed by atoms with Gasteiger partial charge in [-0.05, 0) is 64.2 Å². The SMILES string of the molecule is CC/C=C\C/C=C\C/C=C\C/C=C\C/C=C\C/C=C\CCCCCCCCCCCCCCCCCCCCC(=O)NC(CO)C(O)CCCCCCCCCCC. The van der Waals surface area contributed by atoms with Gasteiger partial charge in [0.25, 0.3) is 0 Å². The Bertz CT molecular complexity index is 1010. The average Bonchev–Trinajstić information content (AvgIpc) is 3.23. The van der Waals surface area contributed by atoms with E-state index in [4.69, 9.17) is 0 Å². The smallest absolute Gasteiger partial charge is 0.220 e. The van der Waals surface area contributed by atoms with Gasteiger partial charge in [-0.25, -0.2) is 0 Å². The van der Waals surface area contributed by atoms with Gasteiger partial charge in [0.15, 0.2) is 0 Å². The molecule has 0 radical (unpaired) electrons. The zero-order valence-electron chi connectivity index (χ0n) is 38.5. The predicted molar refractivity (Wildman–Crippen MR) is 257 cm³/mol. The third-order valence-electron chi connectivity index (χ3n) is 11.2. The van der Waals surface area contributed by atoms with Crippen LogP contribution in [0.3, 0.4) is 0 Å². The summed E-state index contributed by atoms with van der Waals surface area (Å²) in [7, 11) is 0. The lowest BCUT2D eigenvalue weighted by Gasteiger charge is -2.22. The molecule has 2 unspecified atom stereocenters. The number of carbonyl (C=O) groups excluding carboxylic acids is 1. The van der Waals surface area contributed by atoms with Gasteiger partial charge in [-0.3, -0.25) is 4.79 Å². The summed E-state index contributed by atoms with van der Waals surface area (Å²) in [5, 5.41) is 23.1. The minimum absolute atomic E-state index is 0.0337. The summed E-state index contributed by atoms with van der Waals surface area (Å²) in [5.74, 6) is -0.0337. The molecule has 0 saturated carbocycles. The van der Waals surface area contributed by atoms with Crippen LogP contribution in [0.15, 0.2) is 72.9 Å². The van der Waals surface area contributed by atoms with Gasteiger partial charge < -0.3 is 15.5 Å². The molecule has 0 aromatic rings. The molecule has 2 atom stereocenters. The number of unbranched alkanes of at least 4 members (excludes halogenated alkanes) is 26. The number of rotatable bonds is 45. The molecule has 0 heterocycles. The van der Waals surface area contributed by atoms with Crippen LogP contribution in [0.25, 0.3) is 0 Å². The van der Waals surface area contributed by atoms with E-state index < -0.39 is 12.1 Å². The fourth-order valence-electron chi connectivity index (χ4n) is 7.42. The molecule has 0 rings (SSSR count). The van der Waals surface area contributed by atoms with Crippen LogP contribution in [-0.2, 0) is 4.79 Å². The number of hydrogen-bond donors (Lipinski definition) is 3. The van der Waals surface area contributed by atoms with Gasteiger partial charge in [-0.1, -0.05) is 247 Å². The summed E-state index contributed by atoms with van der Waals surface area (Å²) >= 11 is 0. The summed E-state index contributed by atoms with van der Waals surface area (Å²) in [6.07, 6.45) is 70.2. The van der Waals surface area contributed by atoms with Crippen LogP contribution < -0.4 is 5.32 Å². The summed E-state index contributed by atoms with van der Waals surface area (Å²) in [6, 6.07) is -0.535. The Kier molecular flexibility index (Phi) is 47.4. The maximum Gasteiger partial charge on any atom is 0.220 e. The minimum Gasteiger partial charge on any atom is -0.394 e. The molecule has 4 heteroatoms. The van der Waals surface area contributed by atoms with Crippen molar-refractivity contribution in [3.8, 4) is 0 Å².